The molecule has 0 atom stereocenters. The fraction of sp³-hybridized carbons (Fsp3) is 0.300. The Balaban J connectivity index is 1.36. The highest BCUT2D eigenvalue weighted by atomic mass is 79.9. The maximum Gasteiger partial charge on any atom is 0.265 e. The normalized spacial score (nSPS) is 14.8. The molecule has 1 amide bonds. The summed E-state index contributed by atoms with van der Waals surface area (Å²) in [5.74, 6) is -0.215. The first kappa shape index (κ1) is 28.8. The van der Waals surface area contributed by atoms with Crippen LogP contribution in [0.25, 0.3) is 10.1 Å². The molecule has 0 bridgehead atoms. The molecule has 4 aromatic rings. The number of sulfonamides is 1. The van der Waals surface area contributed by atoms with E-state index in [0.717, 1.165) is 59.2 Å². The molecular formula is C30H32BrN3O4S2. The minimum atomic E-state index is -3.38. The molecule has 0 saturated carbocycles. The van der Waals surface area contributed by atoms with Crippen LogP contribution in [0, 0.1) is 0 Å². The van der Waals surface area contributed by atoms with Crippen molar-refractivity contribution >= 4 is 64.7 Å². The minimum Gasteiger partial charge on any atom is -0.379 e. The van der Waals surface area contributed by atoms with Crippen LogP contribution in [0.1, 0.15) is 40.2 Å². The molecule has 2 heterocycles. The van der Waals surface area contributed by atoms with Gasteiger partial charge in [0.15, 0.2) is 0 Å². The van der Waals surface area contributed by atoms with Crippen molar-refractivity contribution in [3.05, 3.63) is 92.8 Å². The lowest BCUT2D eigenvalue weighted by Crippen LogP contribution is -2.35. The summed E-state index contributed by atoms with van der Waals surface area (Å²) < 4.78 is 32.9. The second kappa shape index (κ2) is 11.6. The lowest BCUT2D eigenvalue weighted by atomic mass is 9.77. The first-order chi connectivity index (χ1) is 19.0. The van der Waals surface area contributed by atoms with Gasteiger partial charge in [0.05, 0.1) is 24.3 Å². The van der Waals surface area contributed by atoms with Gasteiger partial charge in [-0.2, -0.15) is 0 Å². The Hall–Kier alpha value is -2.76. The van der Waals surface area contributed by atoms with E-state index in [9.17, 15) is 13.2 Å². The highest BCUT2D eigenvalue weighted by Gasteiger charge is 2.25. The number of nitrogens with zero attached hydrogens (tertiary/aromatic N) is 1. The van der Waals surface area contributed by atoms with E-state index in [1.54, 1.807) is 18.2 Å². The van der Waals surface area contributed by atoms with E-state index in [-0.39, 0.29) is 11.3 Å². The molecule has 5 rings (SSSR count). The predicted molar refractivity (Wildman–Crippen MR) is 167 cm³/mol. The second-order valence-electron chi connectivity index (χ2n) is 10.6. The lowest BCUT2D eigenvalue weighted by molar-refractivity contribution is 0.0342. The van der Waals surface area contributed by atoms with Crippen LogP contribution in [0.15, 0.2) is 71.2 Å². The van der Waals surface area contributed by atoms with Crippen LogP contribution in [0.4, 0.5) is 11.4 Å². The summed E-state index contributed by atoms with van der Waals surface area (Å²) in [6, 6.07) is 21.8. The number of rotatable bonds is 8. The molecule has 1 aliphatic heterocycles. The Labute approximate surface area is 247 Å². The number of thiophene rings is 1. The first-order valence-corrected chi connectivity index (χ1v) is 16.5. The molecule has 3 aromatic carbocycles. The van der Waals surface area contributed by atoms with Crippen LogP contribution < -0.4 is 10.0 Å². The van der Waals surface area contributed by atoms with E-state index in [1.807, 2.05) is 18.2 Å². The maximum absolute atomic E-state index is 13.2. The average Bonchev–Trinajstić information content (AvgIpc) is 3.32. The number of fused-ring (bicyclic) bond motifs is 1. The number of benzene rings is 3. The monoisotopic (exact) mass is 641 g/mol. The Morgan fingerprint density at radius 2 is 1.77 bits per heavy atom. The van der Waals surface area contributed by atoms with E-state index in [0.29, 0.717) is 16.3 Å². The third-order valence-corrected chi connectivity index (χ3v) is 9.26. The standard InChI is InChI=1S/C30H32BrN3O4S2/c1-30(2,22-6-4-5-20(13-22)19-34-9-11-38-12-10-34)23-16-24(31)18-26(17-23)32-29(35)28-15-21-14-25(33-40(3,36)37)7-8-27(21)39-28/h4-8,13-18,33H,9-12,19H2,1-3H3,(H,32,35). The van der Waals surface area contributed by atoms with Gasteiger partial charge in [-0.1, -0.05) is 54.0 Å². The van der Waals surface area contributed by atoms with Crippen molar-refractivity contribution in [2.24, 2.45) is 0 Å². The zero-order valence-corrected chi connectivity index (χ0v) is 25.9. The van der Waals surface area contributed by atoms with Gasteiger partial charge in [0.25, 0.3) is 5.91 Å². The van der Waals surface area contributed by atoms with Gasteiger partial charge in [-0.15, -0.1) is 11.3 Å². The quantitative estimate of drug-likeness (QED) is 0.231. The van der Waals surface area contributed by atoms with Crippen LogP contribution in [0.2, 0.25) is 0 Å². The van der Waals surface area contributed by atoms with Crippen molar-refractivity contribution < 1.29 is 17.9 Å². The zero-order chi connectivity index (χ0) is 28.5. The highest BCUT2D eigenvalue weighted by molar-refractivity contribution is 9.10. The number of amides is 1. The molecule has 1 fully saturated rings. The number of halogens is 1. The van der Waals surface area contributed by atoms with E-state index >= 15 is 0 Å². The van der Waals surface area contributed by atoms with Crippen LogP contribution in [0.5, 0.6) is 0 Å². The Bertz CT molecular complexity index is 1660. The maximum atomic E-state index is 13.2. The number of hydrogen-bond donors (Lipinski definition) is 2. The third-order valence-electron chi connectivity index (χ3n) is 7.08. The van der Waals surface area contributed by atoms with Gasteiger partial charge >= 0.3 is 0 Å². The van der Waals surface area contributed by atoms with Crippen molar-refractivity contribution in [1.82, 2.24) is 4.90 Å². The van der Waals surface area contributed by atoms with Crippen molar-refractivity contribution in [3.63, 3.8) is 0 Å². The molecule has 10 heteroatoms. The van der Waals surface area contributed by atoms with Crippen molar-refractivity contribution in [3.8, 4) is 0 Å². The third kappa shape index (κ3) is 6.92. The molecule has 1 saturated heterocycles. The number of hydrogen-bond acceptors (Lipinski definition) is 6. The molecule has 1 aromatic heterocycles. The van der Waals surface area contributed by atoms with Gasteiger partial charge in [-0.05, 0) is 64.5 Å². The summed E-state index contributed by atoms with van der Waals surface area (Å²) in [5, 5.41) is 3.86. The summed E-state index contributed by atoms with van der Waals surface area (Å²) >= 11 is 5.01. The first-order valence-electron chi connectivity index (χ1n) is 13.0. The fourth-order valence-electron chi connectivity index (χ4n) is 4.89. The van der Waals surface area contributed by atoms with Crippen LogP contribution in [0.3, 0.4) is 0 Å². The molecule has 0 aliphatic carbocycles. The number of carbonyl (C=O) groups excluding carboxylic acids is 1. The average molecular weight is 643 g/mol. The summed E-state index contributed by atoms with van der Waals surface area (Å²) in [6.45, 7) is 8.74. The van der Waals surface area contributed by atoms with Crippen LogP contribution in [-0.4, -0.2) is 51.8 Å². The van der Waals surface area contributed by atoms with Gasteiger partial charge in [0.2, 0.25) is 10.0 Å². The topological polar surface area (TPSA) is 87.7 Å². The number of morpholine rings is 1. The Morgan fingerprint density at radius 1 is 1.00 bits per heavy atom. The Kier molecular flexibility index (Phi) is 8.35. The van der Waals surface area contributed by atoms with E-state index < -0.39 is 10.0 Å². The molecule has 2 N–H and O–H groups in total. The van der Waals surface area contributed by atoms with Crippen molar-refractivity contribution in [1.29, 1.82) is 0 Å². The SMILES string of the molecule is CC(C)(c1cccc(CN2CCOCC2)c1)c1cc(Br)cc(NC(=O)c2cc3cc(NS(C)(=O)=O)ccc3s2)c1. The van der Waals surface area contributed by atoms with Crippen LogP contribution >= 0.6 is 27.3 Å². The van der Waals surface area contributed by atoms with E-state index in [1.165, 1.54) is 22.5 Å². The number of carbonyl (C=O) groups is 1. The van der Waals surface area contributed by atoms with Crippen molar-refractivity contribution in [2.75, 3.05) is 42.6 Å². The Morgan fingerprint density at radius 3 is 2.52 bits per heavy atom. The highest BCUT2D eigenvalue weighted by Crippen LogP contribution is 2.36. The molecule has 7 nitrogen and oxygen atoms in total. The minimum absolute atomic E-state index is 0.215. The van der Waals surface area contributed by atoms with E-state index in [4.69, 9.17) is 4.74 Å². The molecule has 210 valence electrons. The smallest absolute Gasteiger partial charge is 0.265 e. The molecule has 1 aliphatic rings. The van der Waals surface area contributed by atoms with Crippen LogP contribution in [-0.2, 0) is 26.7 Å². The summed E-state index contributed by atoms with van der Waals surface area (Å²) in [5.41, 5.74) is 4.42. The second-order valence-corrected chi connectivity index (χ2v) is 14.4. The van der Waals surface area contributed by atoms with Gasteiger partial charge in [0, 0.05) is 45.6 Å². The van der Waals surface area contributed by atoms with Gasteiger partial charge in [-0.3, -0.25) is 14.4 Å². The number of ether oxygens (including phenoxy) is 1. The predicted octanol–water partition coefficient (Wildman–Crippen LogP) is 6.45. The largest absolute Gasteiger partial charge is 0.379 e. The number of anilines is 2. The van der Waals surface area contributed by atoms with Gasteiger partial charge in [0.1, 0.15) is 0 Å². The summed E-state index contributed by atoms with van der Waals surface area (Å²) in [4.78, 5) is 16.2. The van der Waals surface area contributed by atoms with Gasteiger partial charge in [-0.25, -0.2) is 8.42 Å². The van der Waals surface area contributed by atoms with E-state index in [2.05, 4.69) is 75.0 Å². The van der Waals surface area contributed by atoms with Gasteiger partial charge < -0.3 is 10.1 Å². The zero-order valence-electron chi connectivity index (χ0n) is 22.7. The molecule has 0 spiro atoms. The molecular weight excluding hydrogens is 610 g/mol. The molecule has 0 unspecified atom stereocenters. The number of nitrogens with one attached hydrogen (secondary N) is 2. The summed E-state index contributed by atoms with van der Waals surface area (Å²) in [6.07, 6.45) is 1.11. The van der Waals surface area contributed by atoms with Crippen molar-refractivity contribution in [2.45, 2.75) is 25.8 Å². The molecule has 0 radical (unpaired) electrons. The molecule has 40 heavy (non-hydrogen) atoms. The summed E-state index contributed by atoms with van der Waals surface area (Å²) in [7, 11) is -3.38. The fourth-order valence-corrected chi connectivity index (χ4v) is 6.88. The lowest BCUT2D eigenvalue weighted by Gasteiger charge is -2.29.